The second kappa shape index (κ2) is 6.12. The van der Waals surface area contributed by atoms with Crippen molar-refractivity contribution < 1.29 is 0 Å². The summed E-state index contributed by atoms with van der Waals surface area (Å²) in [5.74, 6) is 5.58. The van der Waals surface area contributed by atoms with Crippen LogP contribution in [-0.2, 0) is 0 Å². The van der Waals surface area contributed by atoms with Crippen molar-refractivity contribution in [2.75, 3.05) is 0 Å². The molecule has 0 saturated carbocycles. The summed E-state index contributed by atoms with van der Waals surface area (Å²) in [6.07, 6.45) is 11.5. The summed E-state index contributed by atoms with van der Waals surface area (Å²) in [4.78, 5) is 0. The minimum atomic E-state index is 0.895. The van der Waals surface area contributed by atoms with Crippen molar-refractivity contribution in [1.29, 1.82) is 0 Å². The lowest BCUT2D eigenvalue weighted by molar-refractivity contribution is 1.72. The lowest BCUT2D eigenvalue weighted by atomic mass is 9.90. The summed E-state index contributed by atoms with van der Waals surface area (Å²) >= 11 is 0. The van der Waals surface area contributed by atoms with E-state index in [0.717, 1.165) is 11.1 Å². The molecule has 136 valence electrons. The zero-order valence-corrected chi connectivity index (χ0v) is 16.2. The Morgan fingerprint density at radius 2 is 0.733 bits per heavy atom. The topological polar surface area (TPSA) is 0 Å². The number of terminal acetylenes is 2. The Morgan fingerprint density at radius 3 is 1.13 bits per heavy atom. The van der Waals surface area contributed by atoms with E-state index in [1.165, 1.54) is 53.9 Å². The van der Waals surface area contributed by atoms with E-state index in [1.807, 2.05) is 12.1 Å². The molecule has 0 aromatic heterocycles. The Balaban J connectivity index is 1.98. The highest BCUT2D eigenvalue weighted by molar-refractivity contribution is 6.32. The molecule has 0 heteroatoms. The third-order valence-electron chi connectivity index (χ3n) is 6.11. The molecule has 0 N–H and O–H groups in total. The Hall–Kier alpha value is -4.26. The first-order valence-electron chi connectivity index (χ1n) is 9.95. The predicted octanol–water partition coefficient (Wildman–Crippen LogP) is 7.42. The molecule has 0 fully saturated rings. The van der Waals surface area contributed by atoms with Gasteiger partial charge in [0.25, 0.3) is 0 Å². The van der Waals surface area contributed by atoms with Gasteiger partial charge in [-0.05, 0) is 78.1 Å². The Labute approximate surface area is 174 Å². The van der Waals surface area contributed by atoms with Crippen molar-refractivity contribution in [2.45, 2.75) is 0 Å². The fourth-order valence-electron chi connectivity index (χ4n) is 4.68. The van der Waals surface area contributed by atoms with E-state index in [4.69, 9.17) is 12.8 Å². The lowest BCUT2D eigenvalue weighted by Crippen LogP contribution is -1.87. The van der Waals surface area contributed by atoms with Gasteiger partial charge in [-0.25, -0.2) is 0 Å². The van der Waals surface area contributed by atoms with Gasteiger partial charge in [-0.15, -0.1) is 12.8 Å². The van der Waals surface area contributed by atoms with Crippen molar-refractivity contribution in [3.63, 3.8) is 0 Å². The van der Waals surface area contributed by atoms with E-state index in [1.54, 1.807) is 0 Å². The summed E-state index contributed by atoms with van der Waals surface area (Å²) in [5.41, 5.74) is 1.79. The van der Waals surface area contributed by atoms with E-state index < -0.39 is 0 Å². The summed E-state index contributed by atoms with van der Waals surface area (Å²) in [6.45, 7) is 0. The highest BCUT2D eigenvalue weighted by atomic mass is 14.1. The van der Waals surface area contributed by atoms with Gasteiger partial charge in [0, 0.05) is 11.1 Å². The van der Waals surface area contributed by atoms with Gasteiger partial charge in [0.15, 0.2) is 0 Å². The Bertz CT molecular complexity index is 1610. The fraction of sp³-hybridized carbons (Fsp3) is 0. The van der Waals surface area contributed by atoms with Gasteiger partial charge in [0.05, 0.1) is 0 Å². The average molecular weight is 376 g/mol. The van der Waals surface area contributed by atoms with E-state index >= 15 is 0 Å². The maximum atomic E-state index is 5.73. The van der Waals surface area contributed by atoms with E-state index in [-0.39, 0.29) is 0 Å². The van der Waals surface area contributed by atoms with Crippen LogP contribution in [0.5, 0.6) is 0 Å². The predicted molar refractivity (Wildman–Crippen MR) is 130 cm³/mol. The molecule has 6 aromatic carbocycles. The largest absolute Gasteiger partial charge is 0.115 e. The average Bonchev–Trinajstić information content (AvgIpc) is 2.82. The molecule has 0 amide bonds. The molecule has 30 heavy (non-hydrogen) atoms. The second-order valence-corrected chi connectivity index (χ2v) is 7.72. The van der Waals surface area contributed by atoms with Crippen LogP contribution in [0.1, 0.15) is 11.1 Å². The molecule has 0 saturated heterocycles. The molecule has 0 unspecified atom stereocenters. The molecule has 0 nitrogen and oxygen atoms in total. The molecule has 0 aliphatic heterocycles. The molecule has 0 spiro atoms. The van der Waals surface area contributed by atoms with Gasteiger partial charge < -0.3 is 0 Å². The molecule has 0 radical (unpaired) electrons. The molecule has 0 aliphatic carbocycles. The van der Waals surface area contributed by atoms with Crippen LogP contribution >= 0.6 is 0 Å². The fourth-order valence-corrected chi connectivity index (χ4v) is 4.68. The number of benzene rings is 6. The maximum absolute atomic E-state index is 5.73. The van der Waals surface area contributed by atoms with Gasteiger partial charge in [-0.1, -0.05) is 72.5 Å². The number of hydrogen-bond donors (Lipinski definition) is 0. The van der Waals surface area contributed by atoms with Gasteiger partial charge in [-0.2, -0.15) is 0 Å². The van der Waals surface area contributed by atoms with Gasteiger partial charge in [0.2, 0.25) is 0 Å². The SMILES string of the molecule is C#Cc1ccc2ccc3ccc4ccc5ccc6ccc(C#C)cc6c5c4c3c2c1. The molecule has 0 heterocycles. The van der Waals surface area contributed by atoms with Gasteiger partial charge >= 0.3 is 0 Å². The van der Waals surface area contributed by atoms with Crippen LogP contribution in [0.25, 0.3) is 53.9 Å². The van der Waals surface area contributed by atoms with Crippen molar-refractivity contribution in [3.05, 3.63) is 96.1 Å². The molecule has 6 aromatic rings. The molecular formula is C30H16. The first-order chi connectivity index (χ1) is 14.8. The minimum absolute atomic E-state index is 0.895. The second-order valence-electron chi connectivity index (χ2n) is 7.72. The third-order valence-corrected chi connectivity index (χ3v) is 6.11. The van der Waals surface area contributed by atoms with Gasteiger partial charge in [-0.3, -0.25) is 0 Å². The highest BCUT2D eigenvalue weighted by Crippen LogP contribution is 2.39. The molecule has 6 rings (SSSR count). The van der Waals surface area contributed by atoms with Gasteiger partial charge in [0.1, 0.15) is 0 Å². The van der Waals surface area contributed by atoms with Crippen molar-refractivity contribution in [2.24, 2.45) is 0 Å². The van der Waals surface area contributed by atoms with Crippen LogP contribution in [0, 0.1) is 24.7 Å². The number of fused-ring (bicyclic) bond motifs is 9. The van der Waals surface area contributed by atoms with Crippen LogP contribution in [0.2, 0.25) is 0 Å². The lowest BCUT2D eigenvalue weighted by Gasteiger charge is -2.13. The molecule has 0 aliphatic rings. The highest BCUT2D eigenvalue weighted by Gasteiger charge is 2.12. The number of hydrogen-bond acceptors (Lipinski definition) is 0. The Kier molecular flexibility index (Phi) is 3.40. The third kappa shape index (κ3) is 2.26. The van der Waals surface area contributed by atoms with Crippen LogP contribution in [-0.4, -0.2) is 0 Å². The monoisotopic (exact) mass is 376 g/mol. The van der Waals surface area contributed by atoms with Crippen LogP contribution in [0.4, 0.5) is 0 Å². The van der Waals surface area contributed by atoms with Crippen molar-refractivity contribution in [1.82, 2.24) is 0 Å². The Morgan fingerprint density at radius 1 is 0.400 bits per heavy atom. The van der Waals surface area contributed by atoms with Crippen molar-refractivity contribution >= 4 is 53.9 Å². The standard InChI is InChI=1S/C30H16/c1-3-19-5-7-21-9-11-23-13-15-25-16-14-24-12-10-22-8-6-20(4-2)18-27(22)29(24)30(25)28(23)26(21)17-19/h1-2,5-18H. The van der Waals surface area contributed by atoms with Crippen LogP contribution in [0.3, 0.4) is 0 Å². The minimum Gasteiger partial charge on any atom is -0.115 e. The summed E-state index contributed by atoms with van der Waals surface area (Å²) in [7, 11) is 0. The smallest absolute Gasteiger partial charge is 0.0249 e. The summed E-state index contributed by atoms with van der Waals surface area (Å²) in [6, 6.07) is 30.0. The zero-order valence-electron chi connectivity index (χ0n) is 16.2. The zero-order chi connectivity index (χ0) is 20.2. The quantitative estimate of drug-likeness (QED) is 0.191. The van der Waals surface area contributed by atoms with Crippen LogP contribution in [0.15, 0.2) is 84.9 Å². The first kappa shape index (κ1) is 16.7. The maximum Gasteiger partial charge on any atom is 0.0249 e. The van der Waals surface area contributed by atoms with Crippen molar-refractivity contribution in [3.8, 4) is 24.7 Å². The van der Waals surface area contributed by atoms with E-state index in [9.17, 15) is 0 Å². The van der Waals surface area contributed by atoms with E-state index in [0.29, 0.717) is 0 Å². The van der Waals surface area contributed by atoms with E-state index in [2.05, 4.69) is 84.6 Å². The summed E-state index contributed by atoms with van der Waals surface area (Å²) in [5, 5.41) is 12.1. The van der Waals surface area contributed by atoms with Crippen LogP contribution < -0.4 is 0 Å². The first-order valence-corrected chi connectivity index (χ1v) is 9.95. The molecule has 0 atom stereocenters. The number of rotatable bonds is 0. The molecular weight excluding hydrogens is 360 g/mol. The summed E-state index contributed by atoms with van der Waals surface area (Å²) < 4.78 is 0. The normalized spacial score (nSPS) is 11.3. The molecule has 0 bridgehead atoms.